The molecule has 3 rings (SSSR count). The zero-order valence-corrected chi connectivity index (χ0v) is 17.9. The highest BCUT2D eigenvalue weighted by molar-refractivity contribution is 5.56. The number of benzene rings is 2. The number of anilines is 4. The summed E-state index contributed by atoms with van der Waals surface area (Å²) in [6.07, 6.45) is -4.39. The predicted octanol–water partition coefficient (Wildman–Crippen LogP) is 4.97. The first-order valence-corrected chi connectivity index (χ1v) is 10.3. The molecule has 0 aliphatic carbocycles. The van der Waals surface area contributed by atoms with Gasteiger partial charge in [0, 0.05) is 18.8 Å². The molecule has 0 aliphatic heterocycles. The Labute approximate surface area is 184 Å². The summed E-state index contributed by atoms with van der Waals surface area (Å²) in [4.78, 5) is 15.2. The van der Waals surface area contributed by atoms with Gasteiger partial charge < -0.3 is 20.3 Å². The number of halogens is 3. The van der Waals surface area contributed by atoms with Crippen molar-refractivity contribution in [2.24, 2.45) is 0 Å². The van der Waals surface area contributed by atoms with Crippen LogP contribution < -0.4 is 20.3 Å². The van der Waals surface area contributed by atoms with Crippen molar-refractivity contribution in [1.29, 1.82) is 0 Å². The number of para-hydroxylation sites is 1. The maximum Gasteiger partial charge on any atom is 0.416 e. The van der Waals surface area contributed by atoms with Crippen molar-refractivity contribution in [3.05, 3.63) is 60.2 Å². The van der Waals surface area contributed by atoms with Crippen LogP contribution in [0.4, 0.5) is 36.7 Å². The van der Waals surface area contributed by atoms with Crippen molar-refractivity contribution in [2.45, 2.75) is 20.0 Å². The molecule has 0 aliphatic rings. The Hall–Kier alpha value is -3.56. The largest absolute Gasteiger partial charge is 0.492 e. The first-order chi connectivity index (χ1) is 15.4. The van der Waals surface area contributed by atoms with Crippen molar-refractivity contribution < 1.29 is 17.9 Å². The lowest BCUT2D eigenvalue weighted by Gasteiger charge is -2.20. The highest BCUT2D eigenvalue weighted by atomic mass is 19.4. The molecule has 0 fully saturated rings. The van der Waals surface area contributed by atoms with Gasteiger partial charge in [-0.3, -0.25) is 0 Å². The number of aromatic nitrogens is 3. The van der Waals surface area contributed by atoms with E-state index in [1.165, 1.54) is 12.1 Å². The van der Waals surface area contributed by atoms with Crippen molar-refractivity contribution >= 4 is 23.5 Å². The van der Waals surface area contributed by atoms with Crippen LogP contribution in [0.15, 0.2) is 54.6 Å². The standard InChI is InChI=1S/C22H25F3N6O/c1-3-31(4-2)21-29-19(26-14-15-32-18-8-6-5-7-9-18)28-20(30-21)27-17-12-10-16(11-13-17)22(23,24)25/h5-13H,3-4,14-15H2,1-2H3,(H2,26,27,28,29,30). The average Bonchev–Trinajstić information content (AvgIpc) is 2.78. The smallest absolute Gasteiger partial charge is 0.416 e. The van der Waals surface area contributed by atoms with Crippen molar-refractivity contribution in [2.75, 3.05) is 41.8 Å². The van der Waals surface area contributed by atoms with E-state index in [9.17, 15) is 13.2 Å². The molecule has 0 saturated carbocycles. The van der Waals surface area contributed by atoms with E-state index in [4.69, 9.17) is 4.74 Å². The van der Waals surface area contributed by atoms with Crippen LogP contribution in [0.1, 0.15) is 19.4 Å². The SMILES string of the molecule is CCN(CC)c1nc(NCCOc2ccccc2)nc(Nc2ccc(C(F)(F)F)cc2)n1. The summed E-state index contributed by atoms with van der Waals surface area (Å²) in [6, 6.07) is 14.1. The molecule has 0 radical (unpaired) electrons. The van der Waals surface area contributed by atoms with Gasteiger partial charge in [0.1, 0.15) is 12.4 Å². The van der Waals surface area contributed by atoms with Crippen LogP contribution in [-0.2, 0) is 6.18 Å². The van der Waals surface area contributed by atoms with Gasteiger partial charge in [-0.15, -0.1) is 0 Å². The first kappa shape index (κ1) is 23.1. The predicted molar refractivity (Wildman–Crippen MR) is 119 cm³/mol. The molecule has 3 aromatic rings. The van der Waals surface area contributed by atoms with Crippen LogP contribution in [0.25, 0.3) is 0 Å². The topological polar surface area (TPSA) is 75.2 Å². The molecule has 7 nitrogen and oxygen atoms in total. The summed E-state index contributed by atoms with van der Waals surface area (Å²) < 4.78 is 44.1. The van der Waals surface area contributed by atoms with Crippen molar-refractivity contribution in [3.8, 4) is 5.75 Å². The van der Waals surface area contributed by atoms with Gasteiger partial charge in [0.15, 0.2) is 0 Å². The molecule has 170 valence electrons. The number of ether oxygens (including phenoxy) is 1. The van der Waals surface area contributed by atoms with Crippen LogP contribution >= 0.6 is 0 Å². The zero-order valence-electron chi connectivity index (χ0n) is 17.9. The second-order valence-corrected chi connectivity index (χ2v) is 6.74. The Morgan fingerprint density at radius 1 is 0.875 bits per heavy atom. The Balaban J connectivity index is 1.72. The van der Waals surface area contributed by atoms with Crippen LogP contribution in [0.3, 0.4) is 0 Å². The molecule has 0 amide bonds. The Bertz CT molecular complexity index is 979. The normalized spacial score (nSPS) is 11.2. The summed E-state index contributed by atoms with van der Waals surface area (Å²) in [7, 11) is 0. The van der Waals surface area contributed by atoms with E-state index in [1.807, 2.05) is 49.1 Å². The van der Waals surface area contributed by atoms with Crippen molar-refractivity contribution in [1.82, 2.24) is 15.0 Å². The van der Waals surface area contributed by atoms with Gasteiger partial charge in [-0.2, -0.15) is 28.1 Å². The molecule has 2 aromatic carbocycles. The summed E-state index contributed by atoms with van der Waals surface area (Å²) in [5.74, 6) is 1.80. The van der Waals surface area contributed by atoms with Gasteiger partial charge in [0.05, 0.1) is 12.1 Å². The maximum absolute atomic E-state index is 12.8. The summed E-state index contributed by atoms with van der Waals surface area (Å²) >= 11 is 0. The molecular weight excluding hydrogens is 421 g/mol. The van der Waals surface area contributed by atoms with E-state index in [-0.39, 0.29) is 5.95 Å². The number of nitrogens with one attached hydrogen (secondary N) is 2. The quantitative estimate of drug-likeness (QED) is 0.426. The molecular formula is C22H25F3N6O. The minimum atomic E-state index is -4.39. The molecule has 0 spiro atoms. The minimum absolute atomic E-state index is 0.230. The van der Waals surface area contributed by atoms with Crippen LogP contribution in [-0.4, -0.2) is 41.2 Å². The summed E-state index contributed by atoms with van der Waals surface area (Å²) in [6.45, 7) is 6.20. The van der Waals surface area contributed by atoms with E-state index in [0.717, 1.165) is 17.9 Å². The minimum Gasteiger partial charge on any atom is -0.492 e. The lowest BCUT2D eigenvalue weighted by atomic mass is 10.2. The highest BCUT2D eigenvalue weighted by Crippen LogP contribution is 2.30. The van der Waals surface area contributed by atoms with Crippen LogP contribution in [0.2, 0.25) is 0 Å². The lowest BCUT2D eigenvalue weighted by molar-refractivity contribution is -0.137. The second-order valence-electron chi connectivity index (χ2n) is 6.74. The van der Waals surface area contributed by atoms with E-state index >= 15 is 0 Å². The molecule has 0 saturated heterocycles. The average molecular weight is 446 g/mol. The van der Waals surface area contributed by atoms with Crippen LogP contribution in [0, 0.1) is 0 Å². The van der Waals surface area contributed by atoms with Gasteiger partial charge >= 0.3 is 6.18 Å². The first-order valence-electron chi connectivity index (χ1n) is 10.3. The summed E-state index contributed by atoms with van der Waals surface area (Å²) in [5, 5.41) is 6.07. The molecule has 0 atom stereocenters. The molecule has 10 heteroatoms. The molecule has 0 bridgehead atoms. The van der Waals surface area contributed by atoms with Crippen LogP contribution in [0.5, 0.6) is 5.75 Å². The molecule has 32 heavy (non-hydrogen) atoms. The number of alkyl halides is 3. The molecule has 1 heterocycles. The number of nitrogens with zero attached hydrogens (tertiary/aromatic N) is 4. The van der Waals surface area contributed by atoms with Gasteiger partial charge in [-0.05, 0) is 50.2 Å². The van der Waals surface area contributed by atoms with E-state index in [0.29, 0.717) is 43.8 Å². The summed E-state index contributed by atoms with van der Waals surface area (Å²) in [5.41, 5.74) is -0.281. The zero-order chi connectivity index (χ0) is 23.0. The van der Waals surface area contributed by atoms with E-state index < -0.39 is 11.7 Å². The third kappa shape index (κ3) is 6.47. The van der Waals surface area contributed by atoms with E-state index in [1.54, 1.807) is 0 Å². The fourth-order valence-corrected chi connectivity index (χ4v) is 2.87. The third-order valence-corrected chi connectivity index (χ3v) is 4.54. The molecule has 2 N–H and O–H groups in total. The Morgan fingerprint density at radius 2 is 1.53 bits per heavy atom. The van der Waals surface area contributed by atoms with Gasteiger partial charge in [-0.25, -0.2) is 0 Å². The van der Waals surface area contributed by atoms with Gasteiger partial charge in [0.2, 0.25) is 17.8 Å². The third-order valence-electron chi connectivity index (χ3n) is 4.54. The molecule has 0 unspecified atom stereocenters. The number of rotatable bonds is 10. The fourth-order valence-electron chi connectivity index (χ4n) is 2.87. The number of hydrogen-bond donors (Lipinski definition) is 2. The van der Waals surface area contributed by atoms with Gasteiger partial charge in [0.25, 0.3) is 0 Å². The molecule has 1 aromatic heterocycles. The Kier molecular flexibility index (Phi) is 7.69. The maximum atomic E-state index is 12.8. The highest BCUT2D eigenvalue weighted by Gasteiger charge is 2.30. The Morgan fingerprint density at radius 3 is 2.16 bits per heavy atom. The van der Waals surface area contributed by atoms with Gasteiger partial charge in [-0.1, -0.05) is 18.2 Å². The van der Waals surface area contributed by atoms with E-state index in [2.05, 4.69) is 25.6 Å². The number of hydrogen-bond acceptors (Lipinski definition) is 7. The lowest BCUT2D eigenvalue weighted by Crippen LogP contribution is -2.25. The van der Waals surface area contributed by atoms with Crippen molar-refractivity contribution in [3.63, 3.8) is 0 Å². The fraction of sp³-hybridized carbons (Fsp3) is 0.318. The second kappa shape index (κ2) is 10.7. The monoisotopic (exact) mass is 446 g/mol.